The molecule has 1 aromatic carbocycles. The number of nitrogens with zero attached hydrogens (tertiary/aromatic N) is 4. The summed E-state index contributed by atoms with van der Waals surface area (Å²) >= 11 is 1.54. The number of thiazole rings is 1. The first kappa shape index (κ1) is 22.5. The summed E-state index contributed by atoms with van der Waals surface area (Å²) in [6.07, 6.45) is 7.01. The van der Waals surface area contributed by atoms with Gasteiger partial charge in [-0.25, -0.2) is 9.67 Å². The standard InChI is InChI=1S/C27H29N5OS/c1-4-8-19-13-12-18(16-28-19)24-20-14-15-21-26(34-27(29-21)30-23(33)9-5-2)25(20)32(31-24)22-11-7-6-10-17(22)3/h6-7,10-13,16H,4-5,8-9,14-15H2,1-3H3,(H,29,30,33). The molecule has 1 amide bonds. The average molecular weight is 472 g/mol. The van der Waals surface area contributed by atoms with E-state index in [1.165, 1.54) is 5.56 Å². The highest BCUT2D eigenvalue weighted by Crippen LogP contribution is 2.44. The number of aryl methyl sites for hydroxylation is 3. The van der Waals surface area contributed by atoms with Crippen molar-refractivity contribution < 1.29 is 4.79 Å². The van der Waals surface area contributed by atoms with E-state index < -0.39 is 0 Å². The first-order chi connectivity index (χ1) is 16.6. The number of benzene rings is 1. The average Bonchev–Trinajstić information content (AvgIpc) is 3.41. The molecule has 1 aliphatic rings. The van der Waals surface area contributed by atoms with E-state index in [4.69, 9.17) is 10.1 Å². The zero-order valence-electron chi connectivity index (χ0n) is 19.9. The smallest absolute Gasteiger partial charge is 0.226 e. The third-order valence-electron chi connectivity index (χ3n) is 6.18. The molecule has 174 valence electrons. The first-order valence-corrected chi connectivity index (χ1v) is 12.8. The number of amides is 1. The highest BCUT2D eigenvalue weighted by molar-refractivity contribution is 7.19. The Morgan fingerprint density at radius 3 is 2.71 bits per heavy atom. The topological polar surface area (TPSA) is 72.7 Å². The number of fused-ring (bicyclic) bond motifs is 3. The van der Waals surface area contributed by atoms with Gasteiger partial charge in [0.1, 0.15) is 0 Å². The maximum atomic E-state index is 12.2. The van der Waals surface area contributed by atoms with Crippen LogP contribution in [0.5, 0.6) is 0 Å². The minimum absolute atomic E-state index is 0.0140. The van der Waals surface area contributed by atoms with Gasteiger partial charge < -0.3 is 5.32 Å². The van der Waals surface area contributed by atoms with E-state index in [1.807, 2.05) is 25.3 Å². The van der Waals surface area contributed by atoms with E-state index in [-0.39, 0.29) is 5.91 Å². The molecule has 3 heterocycles. The van der Waals surface area contributed by atoms with Crippen LogP contribution in [0.1, 0.15) is 55.6 Å². The minimum Gasteiger partial charge on any atom is -0.302 e. The van der Waals surface area contributed by atoms with Crippen LogP contribution in [-0.2, 0) is 24.1 Å². The molecule has 0 spiro atoms. The number of carbonyl (C=O) groups is 1. The number of anilines is 1. The molecule has 0 bridgehead atoms. The molecule has 3 aromatic heterocycles. The Bertz CT molecular complexity index is 1340. The lowest BCUT2D eigenvalue weighted by atomic mass is 9.95. The van der Waals surface area contributed by atoms with E-state index in [0.29, 0.717) is 11.6 Å². The number of carbonyl (C=O) groups excluding carboxylic acids is 1. The van der Waals surface area contributed by atoms with Crippen molar-refractivity contribution in [2.45, 2.75) is 59.3 Å². The largest absolute Gasteiger partial charge is 0.302 e. The van der Waals surface area contributed by atoms with Gasteiger partial charge >= 0.3 is 0 Å². The fraction of sp³-hybridized carbons (Fsp3) is 0.333. The molecule has 1 aliphatic carbocycles. The number of nitrogens with one attached hydrogen (secondary N) is 1. The fourth-order valence-electron chi connectivity index (χ4n) is 4.51. The van der Waals surface area contributed by atoms with Crippen LogP contribution in [0.2, 0.25) is 0 Å². The van der Waals surface area contributed by atoms with Gasteiger partial charge in [-0.15, -0.1) is 0 Å². The van der Waals surface area contributed by atoms with E-state index in [9.17, 15) is 4.79 Å². The lowest BCUT2D eigenvalue weighted by Crippen LogP contribution is -2.10. The van der Waals surface area contributed by atoms with Crippen molar-refractivity contribution >= 4 is 22.4 Å². The Hall–Kier alpha value is -3.32. The van der Waals surface area contributed by atoms with E-state index in [0.717, 1.165) is 76.6 Å². The Labute approximate surface area is 204 Å². The molecule has 4 aromatic rings. The van der Waals surface area contributed by atoms with E-state index in [2.05, 4.69) is 53.1 Å². The second-order valence-electron chi connectivity index (χ2n) is 8.76. The van der Waals surface area contributed by atoms with Crippen molar-refractivity contribution in [1.82, 2.24) is 19.7 Å². The molecule has 0 atom stereocenters. The molecule has 0 fully saturated rings. The highest BCUT2D eigenvalue weighted by Gasteiger charge is 2.30. The lowest BCUT2D eigenvalue weighted by Gasteiger charge is -2.15. The van der Waals surface area contributed by atoms with Crippen LogP contribution in [0, 0.1) is 6.92 Å². The van der Waals surface area contributed by atoms with Gasteiger partial charge in [0.2, 0.25) is 5.91 Å². The Morgan fingerprint density at radius 1 is 1.12 bits per heavy atom. The number of hydrogen-bond donors (Lipinski definition) is 1. The van der Waals surface area contributed by atoms with Crippen molar-refractivity contribution in [2.24, 2.45) is 0 Å². The predicted octanol–water partition coefficient (Wildman–Crippen LogP) is 6.16. The number of para-hydroxylation sites is 1. The summed E-state index contributed by atoms with van der Waals surface area (Å²) < 4.78 is 2.06. The zero-order valence-corrected chi connectivity index (χ0v) is 20.7. The van der Waals surface area contributed by atoms with E-state index >= 15 is 0 Å². The van der Waals surface area contributed by atoms with Gasteiger partial charge in [0, 0.05) is 29.4 Å². The van der Waals surface area contributed by atoms with Crippen LogP contribution in [0.15, 0.2) is 42.6 Å². The third kappa shape index (κ3) is 4.16. The van der Waals surface area contributed by atoms with Crippen LogP contribution in [-0.4, -0.2) is 25.7 Å². The second-order valence-corrected chi connectivity index (χ2v) is 9.75. The van der Waals surface area contributed by atoms with Crippen LogP contribution < -0.4 is 5.32 Å². The summed E-state index contributed by atoms with van der Waals surface area (Å²) in [5.41, 5.74) is 8.66. The first-order valence-electron chi connectivity index (χ1n) is 12.0. The van der Waals surface area contributed by atoms with Crippen molar-refractivity contribution in [3.8, 4) is 27.5 Å². The van der Waals surface area contributed by atoms with Crippen molar-refractivity contribution in [2.75, 3.05) is 5.32 Å². The Balaban J connectivity index is 1.65. The molecule has 0 aliphatic heterocycles. The predicted molar refractivity (Wildman–Crippen MR) is 138 cm³/mol. The molecule has 5 rings (SSSR count). The van der Waals surface area contributed by atoms with Crippen LogP contribution in [0.3, 0.4) is 0 Å². The fourth-order valence-corrected chi connectivity index (χ4v) is 5.59. The quantitative estimate of drug-likeness (QED) is 0.351. The van der Waals surface area contributed by atoms with Gasteiger partial charge in [0.25, 0.3) is 0 Å². The van der Waals surface area contributed by atoms with Crippen LogP contribution in [0.4, 0.5) is 5.13 Å². The van der Waals surface area contributed by atoms with Crippen molar-refractivity contribution in [1.29, 1.82) is 0 Å². The molecular formula is C27H29N5OS. The second kappa shape index (κ2) is 9.50. The zero-order chi connectivity index (χ0) is 23.7. The maximum Gasteiger partial charge on any atom is 0.226 e. The van der Waals surface area contributed by atoms with Gasteiger partial charge in [-0.05, 0) is 56.4 Å². The summed E-state index contributed by atoms with van der Waals surface area (Å²) in [4.78, 5) is 22.7. The molecule has 6 nitrogen and oxygen atoms in total. The van der Waals surface area contributed by atoms with Gasteiger partial charge in [-0.2, -0.15) is 5.10 Å². The number of aromatic nitrogens is 4. The van der Waals surface area contributed by atoms with Crippen LogP contribution in [0.25, 0.3) is 27.5 Å². The van der Waals surface area contributed by atoms with Gasteiger partial charge in [0.15, 0.2) is 5.13 Å². The van der Waals surface area contributed by atoms with E-state index in [1.54, 1.807) is 11.3 Å². The highest BCUT2D eigenvalue weighted by atomic mass is 32.1. The molecule has 0 saturated heterocycles. The monoisotopic (exact) mass is 471 g/mol. The van der Waals surface area contributed by atoms with Crippen LogP contribution >= 0.6 is 11.3 Å². The molecule has 0 saturated carbocycles. The van der Waals surface area contributed by atoms with Gasteiger partial charge in [-0.3, -0.25) is 9.78 Å². The Morgan fingerprint density at radius 2 is 1.97 bits per heavy atom. The summed E-state index contributed by atoms with van der Waals surface area (Å²) in [6.45, 7) is 6.28. The molecule has 34 heavy (non-hydrogen) atoms. The summed E-state index contributed by atoms with van der Waals surface area (Å²) in [5, 5.41) is 8.79. The summed E-state index contributed by atoms with van der Waals surface area (Å²) in [6, 6.07) is 12.6. The van der Waals surface area contributed by atoms with Crippen molar-refractivity contribution in [3.63, 3.8) is 0 Å². The molecule has 1 N–H and O–H groups in total. The van der Waals surface area contributed by atoms with Gasteiger partial charge in [0.05, 0.1) is 27.6 Å². The SMILES string of the molecule is CCCC(=O)Nc1nc2c(s1)-c1c(c(-c3ccc(CCC)nc3)nn1-c1ccccc1C)CC2. The molecule has 0 unspecified atom stereocenters. The number of pyridine rings is 1. The third-order valence-corrected chi connectivity index (χ3v) is 7.20. The Kier molecular flexibility index (Phi) is 6.28. The number of hydrogen-bond acceptors (Lipinski definition) is 5. The normalized spacial score (nSPS) is 12.3. The molecular weight excluding hydrogens is 442 g/mol. The van der Waals surface area contributed by atoms with Crippen molar-refractivity contribution in [3.05, 3.63) is 65.1 Å². The lowest BCUT2D eigenvalue weighted by molar-refractivity contribution is -0.116. The molecule has 0 radical (unpaired) electrons. The minimum atomic E-state index is 0.0140. The maximum absolute atomic E-state index is 12.2. The molecule has 7 heteroatoms. The number of rotatable bonds is 7. The summed E-state index contributed by atoms with van der Waals surface area (Å²) in [7, 11) is 0. The summed E-state index contributed by atoms with van der Waals surface area (Å²) in [5.74, 6) is 0.0140. The van der Waals surface area contributed by atoms with Gasteiger partial charge in [-0.1, -0.05) is 49.8 Å².